The van der Waals surface area contributed by atoms with Gasteiger partial charge in [-0.15, -0.1) is 0 Å². The molecule has 0 aliphatic rings. The van der Waals surface area contributed by atoms with Crippen molar-refractivity contribution in [1.29, 1.82) is 0 Å². The van der Waals surface area contributed by atoms with Crippen molar-refractivity contribution in [3.05, 3.63) is 13.8 Å². The number of esters is 8. The van der Waals surface area contributed by atoms with Gasteiger partial charge in [0.05, 0.1) is 0 Å². The number of ether oxygens (including phenoxy) is 8. The maximum absolute atomic E-state index is 12.1. The monoisotopic (exact) mass is 1340 g/mol. The normalized spacial score (nSPS) is 10.4. The Balaban J connectivity index is -0.000000758. The summed E-state index contributed by atoms with van der Waals surface area (Å²) in [4.78, 5) is 127. The Morgan fingerprint density at radius 1 is 0.226 bits per heavy atom. The zero-order valence-corrected chi connectivity index (χ0v) is 57.4. The van der Waals surface area contributed by atoms with Gasteiger partial charge in [-0.1, -0.05) is 117 Å². The number of rotatable bonds is 57. The number of hydrogen-bond donors (Lipinski definition) is 0. The van der Waals surface area contributed by atoms with Gasteiger partial charge in [-0.3, -0.25) is 54.9 Å². The van der Waals surface area contributed by atoms with Crippen LogP contribution in [0.1, 0.15) is 271 Å². The van der Waals surface area contributed by atoms with Gasteiger partial charge in [0.1, 0.15) is 64.4 Å². The molecule has 0 atom stereocenters. The Morgan fingerprint density at radius 2 is 0.393 bits per heavy atom. The van der Waals surface area contributed by atoms with E-state index in [0.717, 1.165) is 96.3 Å². The van der Waals surface area contributed by atoms with Gasteiger partial charge >= 0.3 is 41.8 Å². The van der Waals surface area contributed by atoms with Crippen molar-refractivity contribution in [1.82, 2.24) is 0 Å². The van der Waals surface area contributed by atoms with Crippen molar-refractivity contribution in [2.24, 2.45) is 0 Å². The number of Topliss-reactive ketones (excluding diaryl/α,β-unsaturated/α-hetero) is 3. The van der Waals surface area contributed by atoms with E-state index in [1.165, 1.54) is 38.5 Å². The molecule has 21 heteroatoms. The number of carbonyl (C=O) groups excluding carboxylic acids is 11. The average Bonchev–Trinajstić information content (AvgIpc) is 3.44. The Kier molecular flexibility index (Phi) is 69.8. The Morgan fingerprint density at radius 3 is 0.607 bits per heavy atom. The molecule has 0 spiro atoms. The topological polar surface area (TPSA) is 262 Å². The van der Waals surface area contributed by atoms with Crippen LogP contribution in [-0.2, 0) is 156 Å². The van der Waals surface area contributed by atoms with E-state index < -0.39 is 5.97 Å². The minimum Gasteiger partial charge on any atom is -0.485 e. The molecule has 0 aliphatic heterocycles. The molecule has 0 aromatic rings. The summed E-state index contributed by atoms with van der Waals surface area (Å²) in [5, 5.41) is 0. The van der Waals surface area contributed by atoms with Crippen LogP contribution >= 0.6 is 0 Å². The van der Waals surface area contributed by atoms with E-state index in [0.29, 0.717) is 109 Å². The summed E-state index contributed by atoms with van der Waals surface area (Å²) in [6, 6.07) is 0. The van der Waals surface area contributed by atoms with Gasteiger partial charge in [0.25, 0.3) is 0 Å². The molecule has 0 rings (SSSR count). The van der Waals surface area contributed by atoms with Gasteiger partial charge in [-0.2, -0.15) is 0 Å². The molecule has 0 aromatic heterocycles. The van der Waals surface area contributed by atoms with E-state index in [1.807, 2.05) is 0 Å². The second kappa shape index (κ2) is 67.2. The first-order valence-corrected chi connectivity index (χ1v) is 31.1. The molecule has 2 radical (unpaired) electrons. The zero-order valence-electron chi connectivity index (χ0n) is 51.8. The Labute approximate surface area is 554 Å². The van der Waals surface area contributed by atoms with E-state index in [2.05, 4.69) is 32.4 Å². The largest absolute Gasteiger partial charge is 0.485 e. The van der Waals surface area contributed by atoms with Crippen LogP contribution in [0.5, 0.6) is 0 Å². The Hall–Kier alpha value is -3.28. The van der Waals surface area contributed by atoms with Crippen LogP contribution in [0.3, 0.4) is 0 Å². The van der Waals surface area contributed by atoms with Crippen molar-refractivity contribution in [2.45, 2.75) is 271 Å². The zero-order chi connectivity index (χ0) is 60.9. The summed E-state index contributed by atoms with van der Waals surface area (Å²) < 4.78 is 40.0. The SMILES string of the molecule is [CH2-]C(=O)CCCCCCC(=O)OCCOC(=O)CCCCC(=O)CCCCCCC(=O)OCCOC(=O)CCCCCCCC.[CH2-]C(=O)OCCOC(=O)CCCCC(=O)CCCCCCC(=O)OCCOC(=O)CCCCCCCC.[Y].[Y]. The van der Waals surface area contributed by atoms with Crippen molar-refractivity contribution in [3.63, 3.8) is 0 Å². The maximum atomic E-state index is 12.1. The molecule has 0 bridgehead atoms. The number of carbonyl (C=O) groups is 11. The first kappa shape index (κ1) is 87.2. The second-order valence-corrected chi connectivity index (χ2v) is 20.6. The smallest absolute Gasteiger partial charge is 0.305 e. The van der Waals surface area contributed by atoms with Crippen LogP contribution in [-0.4, -0.2) is 118 Å². The summed E-state index contributed by atoms with van der Waals surface area (Å²) in [5.41, 5.74) is 0. The summed E-state index contributed by atoms with van der Waals surface area (Å²) in [6.07, 6.45) is 29.7. The molecule has 0 fully saturated rings. The molecule has 0 saturated heterocycles. The molecular weight excluding hydrogens is 1240 g/mol. The number of unbranched alkanes of at least 4 members (excludes halogenated alkanes) is 21. The molecule has 0 aliphatic carbocycles. The van der Waals surface area contributed by atoms with E-state index >= 15 is 0 Å². The summed E-state index contributed by atoms with van der Waals surface area (Å²) in [6.45, 7) is 11.1. The van der Waals surface area contributed by atoms with Gasteiger partial charge in [0, 0.05) is 136 Å². The summed E-state index contributed by atoms with van der Waals surface area (Å²) in [5.74, 6) is -2.57. The van der Waals surface area contributed by atoms with E-state index in [-0.39, 0.29) is 190 Å². The number of ketones is 3. The van der Waals surface area contributed by atoms with Crippen LogP contribution in [0.4, 0.5) is 0 Å². The maximum Gasteiger partial charge on any atom is 0.305 e. The fraction of sp³-hybridized carbons (Fsp3) is 0.794. The third kappa shape index (κ3) is 71.2. The van der Waals surface area contributed by atoms with Crippen LogP contribution < -0.4 is 0 Å². The minimum absolute atomic E-state index is 0. The van der Waals surface area contributed by atoms with Crippen LogP contribution in [0.2, 0.25) is 0 Å². The molecule has 0 heterocycles. The van der Waals surface area contributed by atoms with Crippen molar-refractivity contribution in [2.75, 3.05) is 52.9 Å². The molecule has 0 aromatic carbocycles. The van der Waals surface area contributed by atoms with Gasteiger partial charge in [0.15, 0.2) is 5.97 Å². The van der Waals surface area contributed by atoms with Crippen LogP contribution in [0.25, 0.3) is 0 Å². The quantitative estimate of drug-likeness (QED) is 0.0237. The molecule has 0 saturated carbocycles. The predicted octanol–water partition coefficient (Wildman–Crippen LogP) is 12.3. The molecule has 19 nitrogen and oxygen atoms in total. The average molecular weight is 1350 g/mol. The van der Waals surface area contributed by atoms with Gasteiger partial charge < -0.3 is 49.6 Å². The fourth-order valence-electron chi connectivity index (χ4n) is 8.12. The summed E-state index contributed by atoms with van der Waals surface area (Å²) >= 11 is 0. The van der Waals surface area contributed by atoms with Gasteiger partial charge in [-0.25, -0.2) is 0 Å². The van der Waals surface area contributed by atoms with Crippen molar-refractivity contribution >= 4 is 65.1 Å². The third-order valence-electron chi connectivity index (χ3n) is 12.8. The van der Waals surface area contributed by atoms with Crippen molar-refractivity contribution in [3.8, 4) is 0 Å². The van der Waals surface area contributed by atoms with E-state index in [4.69, 9.17) is 33.2 Å². The number of hydrogen-bond acceptors (Lipinski definition) is 19. The molecule has 84 heavy (non-hydrogen) atoms. The van der Waals surface area contributed by atoms with E-state index in [9.17, 15) is 52.7 Å². The molecule has 480 valence electrons. The van der Waals surface area contributed by atoms with E-state index in [1.54, 1.807) is 0 Å². The third-order valence-corrected chi connectivity index (χ3v) is 12.8. The fourth-order valence-corrected chi connectivity index (χ4v) is 8.12. The van der Waals surface area contributed by atoms with Crippen molar-refractivity contribution < 1.29 is 156 Å². The minimum atomic E-state index is -0.665. The van der Waals surface area contributed by atoms with Crippen LogP contribution in [0, 0.1) is 13.8 Å². The molecule has 0 N–H and O–H groups in total. The first-order valence-electron chi connectivity index (χ1n) is 31.1. The second-order valence-electron chi connectivity index (χ2n) is 20.6. The van der Waals surface area contributed by atoms with Gasteiger partial charge in [-0.05, 0) is 89.3 Å². The molecule has 0 unspecified atom stereocenters. The molecule has 0 amide bonds. The standard InChI is InChI=1S/C35H59O10.C28H47O9.2Y/c1-3-4-5-6-7-14-22-32(38)42-26-27-43-34(40)24-16-11-9-13-20-31(37)21-17-18-25-35(41)45-29-28-44-33(39)23-15-10-8-12-19-30(2)36;1-3-4-5-6-7-11-17-26(31)36-22-23-37-27(32)18-12-9-8-10-15-25(30)16-13-14-19-28(33)35-21-20-34-24(2)29;;/h2-29H2,1H3;2-23H2,1H3;;/q2*-1;;. The van der Waals surface area contributed by atoms with Crippen LogP contribution in [0.15, 0.2) is 0 Å². The molecular formula is C63H106O19Y2-2. The summed E-state index contributed by atoms with van der Waals surface area (Å²) in [7, 11) is 0. The van der Waals surface area contributed by atoms with Gasteiger partial charge in [0.2, 0.25) is 0 Å². The Bertz CT molecular complexity index is 1720. The first-order chi connectivity index (χ1) is 39.6. The predicted molar refractivity (Wildman–Crippen MR) is 309 cm³/mol.